The van der Waals surface area contributed by atoms with Gasteiger partial charge in [0, 0.05) is 17.4 Å². The first-order valence-corrected chi connectivity index (χ1v) is 6.67. The Bertz CT molecular complexity index is 765. The van der Waals surface area contributed by atoms with Crippen LogP contribution in [0.3, 0.4) is 0 Å². The molecule has 0 aliphatic heterocycles. The summed E-state index contributed by atoms with van der Waals surface area (Å²) in [5.74, 6) is 0.831. The van der Waals surface area contributed by atoms with E-state index < -0.39 is 0 Å². The third-order valence-corrected chi connectivity index (χ3v) is 3.40. The SMILES string of the molecule is CC(C)(C)c1ccccc1-c1nnc2ccc(N)cn12. The first-order valence-electron chi connectivity index (χ1n) is 6.67. The van der Waals surface area contributed by atoms with Gasteiger partial charge in [-0.05, 0) is 23.1 Å². The highest BCUT2D eigenvalue weighted by atomic mass is 15.2. The van der Waals surface area contributed by atoms with E-state index in [0.717, 1.165) is 17.0 Å². The lowest BCUT2D eigenvalue weighted by Gasteiger charge is -2.22. The second-order valence-electron chi connectivity index (χ2n) is 6.01. The fraction of sp³-hybridized carbons (Fsp3) is 0.250. The number of rotatable bonds is 1. The molecule has 2 aromatic heterocycles. The Labute approximate surface area is 118 Å². The fourth-order valence-electron chi connectivity index (χ4n) is 2.42. The van der Waals surface area contributed by atoms with E-state index in [-0.39, 0.29) is 5.41 Å². The van der Waals surface area contributed by atoms with Gasteiger partial charge in [-0.3, -0.25) is 4.40 Å². The first kappa shape index (κ1) is 12.7. The summed E-state index contributed by atoms with van der Waals surface area (Å²) in [6, 6.07) is 12.0. The Kier molecular flexibility index (Phi) is 2.74. The summed E-state index contributed by atoms with van der Waals surface area (Å²) in [5.41, 5.74) is 9.77. The molecule has 0 saturated heterocycles. The molecule has 3 aromatic rings. The van der Waals surface area contributed by atoms with Gasteiger partial charge in [0.2, 0.25) is 0 Å². The maximum Gasteiger partial charge on any atom is 0.168 e. The number of aromatic nitrogens is 3. The normalized spacial score (nSPS) is 11.9. The average molecular weight is 266 g/mol. The average Bonchev–Trinajstić information content (AvgIpc) is 2.80. The number of nitrogens with two attached hydrogens (primary N) is 1. The summed E-state index contributed by atoms with van der Waals surface area (Å²) >= 11 is 0. The zero-order chi connectivity index (χ0) is 14.3. The quantitative estimate of drug-likeness (QED) is 0.735. The van der Waals surface area contributed by atoms with E-state index >= 15 is 0 Å². The van der Waals surface area contributed by atoms with Gasteiger partial charge in [-0.2, -0.15) is 0 Å². The zero-order valence-corrected chi connectivity index (χ0v) is 12.0. The van der Waals surface area contributed by atoms with Gasteiger partial charge >= 0.3 is 0 Å². The molecule has 0 spiro atoms. The number of pyridine rings is 1. The van der Waals surface area contributed by atoms with Crippen LogP contribution in [0.1, 0.15) is 26.3 Å². The Morgan fingerprint density at radius 2 is 1.75 bits per heavy atom. The van der Waals surface area contributed by atoms with E-state index in [9.17, 15) is 0 Å². The topological polar surface area (TPSA) is 56.2 Å². The van der Waals surface area contributed by atoms with E-state index in [4.69, 9.17) is 5.73 Å². The minimum Gasteiger partial charge on any atom is -0.398 e. The highest BCUT2D eigenvalue weighted by Gasteiger charge is 2.20. The molecule has 0 aliphatic carbocycles. The molecule has 0 saturated carbocycles. The number of nitrogen functional groups attached to an aromatic ring is 1. The molecule has 0 fully saturated rings. The van der Waals surface area contributed by atoms with Crippen LogP contribution >= 0.6 is 0 Å². The molecule has 0 atom stereocenters. The predicted molar refractivity (Wildman–Crippen MR) is 81.5 cm³/mol. The van der Waals surface area contributed by atoms with Gasteiger partial charge < -0.3 is 5.73 Å². The van der Waals surface area contributed by atoms with Crippen LogP contribution in [0, 0.1) is 0 Å². The van der Waals surface area contributed by atoms with Crippen LogP contribution in [0.4, 0.5) is 5.69 Å². The maximum absolute atomic E-state index is 5.88. The summed E-state index contributed by atoms with van der Waals surface area (Å²) in [5, 5.41) is 8.55. The minimum atomic E-state index is 0.0444. The number of anilines is 1. The van der Waals surface area contributed by atoms with E-state index in [1.54, 1.807) is 0 Å². The van der Waals surface area contributed by atoms with Crippen LogP contribution in [0.5, 0.6) is 0 Å². The summed E-state index contributed by atoms with van der Waals surface area (Å²) in [4.78, 5) is 0. The Morgan fingerprint density at radius 1 is 1.00 bits per heavy atom. The van der Waals surface area contributed by atoms with Gasteiger partial charge in [-0.15, -0.1) is 10.2 Å². The molecule has 0 radical (unpaired) electrons. The van der Waals surface area contributed by atoms with Crippen molar-refractivity contribution >= 4 is 11.3 Å². The van der Waals surface area contributed by atoms with E-state index in [1.165, 1.54) is 5.56 Å². The number of hydrogen-bond acceptors (Lipinski definition) is 3. The molecule has 0 amide bonds. The van der Waals surface area contributed by atoms with Crippen molar-refractivity contribution in [2.45, 2.75) is 26.2 Å². The van der Waals surface area contributed by atoms with Crippen LogP contribution in [-0.4, -0.2) is 14.6 Å². The van der Waals surface area contributed by atoms with E-state index in [2.05, 4.69) is 49.2 Å². The number of benzene rings is 1. The van der Waals surface area contributed by atoms with Crippen molar-refractivity contribution in [1.82, 2.24) is 14.6 Å². The standard InChI is InChI=1S/C16H18N4/c1-16(2,3)13-7-5-4-6-12(13)15-19-18-14-9-8-11(17)10-20(14)15/h4-10H,17H2,1-3H3. The van der Waals surface area contributed by atoms with Gasteiger partial charge in [-0.25, -0.2) is 0 Å². The highest BCUT2D eigenvalue weighted by molar-refractivity contribution is 5.66. The number of fused-ring (bicyclic) bond motifs is 1. The molecule has 1 aromatic carbocycles. The molecule has 2 N–H and O–H groups in total. The maximum atomic E-state index is 5.88. The van der Waals surface area contributed by atoms with Crippen molar-refractivity contribution in [2.24, 2.45) is 0 Å². The Balaban J connectivity index is 2.29. The summed E-state index contributed by atoms with van der Waals surface area (Å²) < 4.78 is 1.94. The van der Waals surface area contributed by atoms with Crippen molar-refractivity contribution in [1.29, 1.82) is 0 Å². The van der Waals surface area contributed by atoms with Gasteiger partial charge in [0.1, 0.15) is 0 Å². The summed E-state index contributed by atoms with van der Waals surface area (Å²) in [6.45, 7) is 6.59. The van der Waals surface area contributed by atoms with Crippen molar-refractivity contribution in [2.75, 3.05) is 5.73 Å². The number of nitrogens with zero attached hydrogens (tertiary/aromatic N) is 3. The van der Waals surface area contributed by atoms with Gasteiger partial charge in [0.05, 0.1) is 0 Å². The third-order valence-electron chi connectivity index (χ3n) is 3.40. The first-order chi connectivity index (χ1) is 9.47. The fourth-order valence-corrected chi connectivity index (χ4v) is 2.42. The van der Waals surface area contributed by atoms with Gasteiger partial charge in [0.15, 0.2) is 11.5 Å². The van der Waals surface area contributed by atoms with Crippen molar-refractivity contribution in [3.05, 3.63) is 48.2 Å². The van der Waals surface area contributed by atoms with Crippen LogP contribution in [0.15, 0.2) is 42.6 Å². The Morgan fingerprint density at radius 3 is 2.50 bits per heavy atom. The molecule has 3 rings (SSSR count). The molecule has 2 heterocycles. The van der Waals surface area contributed by atoms with Crippen LogP contribution < -0.4 is 5.73 Å². The van der Waals surface area contributed by atoms with Crippen LogP contribution in [0.25, 0.3) is 17.0 Å². The van der Waals surface area contributed by atoms with E-state index in [1.807, 2.05) is 28.8 Å². The molecule has 0 bridgehead atoms. The van der Waals surface area contributed by atoms with Gasteiger partial charge in [-0.1, -0.05) is 45.0 Å². The van der Waals surface area contributed by atoms with Crippen molar-refractivity contribution in [3.8, 4) is 11.4 Å². The van der Waals surface area contributed by atoms with Crippen molar-refractivity contribution < 1.29 is 0 Å². The van der Waals surface area contributed by atoms with Gasteiger partial charge in [0.25, 0.3) is 0 Å². The highest BCUT2D eigenvalue weighted by Crippen LogP contribution is 2.32. The number of hydrogen-bond donors (Lipinski definition) is 1. The molecule has 4 heteroatoms. The summed E-state index contributed by atoms with van der Waals surface area (Å²) in [7, 11) is 0. The van der Waals surface area contributed by atoms with Crippen molar-refractivity contribution in [3.63, 3.8) is 0 Å². The molecule has 0 aliphatic rings. The largest absolute Gasteiger partial charge is 0.398 e. The lowest BCUT2D eigenvalue weighted by molar-refractivity contribution is 0.591. The molecular weight excluding hydrogens is 248 g/mol. The van der Waals surface area contributed by atoms with Crippen LogP contribution in [0.2, 0.25) is 0 Å². The molecular formula is C16H18N4. The van der Waals surface area contributed by atoms with Crippen LogP contribution in [-0.2, 0) is 5.41 Å². The summed E-state index contributed by atoms with van der Waals surface area (Å²) in [6.07, 6.45) is 1.87. The lowest BCUT2D eigenvalue weighted by atomic mass is 9.83. The van der Waals surface area contributed by atoms with E-state index in [0.29, 0.717) is 5.69 Å². The second-order valence-corrected chi connectivity index (χ2v) is 6.01. The lowest BCUT2D eigenvalue weighted by Crippen LogP contribution is -2.13. The third kappa shape index (κ3) is 2.03. The minimum absolute atomic E-state index is 0.0444. The molecule has 4 nitrogen and oxygen atoms in total. The molecule has 20 heavy (non-hydrogen) atoms. The molecule has 0 unspecified atom stereocenters. The molecule has 102 valence electrons. The monoisotopic (exact) mass is 266 g/mol. The Hall–Kier alpha value is -2.36. The zero-order valence-electron chi connectivity index (χ0n) is 12.0. The second kappa shape index (κ2) is 4.34. The predicted octanol–water partition coefficient (Wildman–Crippen LogP) is 3.28. The smallest absolute Gasteiger partial charge is 0.168 e.